The van der Waals surface area contributed by atoms with Gasteiger partial charge in [-0.3, -0.25) is 0 Å². The first-order valence-electron chi connectivity index (χ1n) is 9.45. The first-order valence-corrected chi connectivity index (χ1v) is 9.45. The highest BCUT2D eigenvalue weighted by Crippen LogP contribution is 2.25. The van der Waals surface area contributed by atoms with E-state index in [0.717, 1.165) is 5.92 Å². The maximum absolute atomic E-state index is 2.69. The number of allylic oxidation sites excluding steroid dienone is 3. The molecule has 122 valence electrons. The summed E-state index contributed by atoms with van der Waals surface area (Å²) in [7, 11) is 0. The first-order chi connectivity index (χ1) is 10.4. The maximum atomic E-state index is 2.69. The van der Waals surface area contributed by atoms with E-state index >= 15 is 0 Å². The lowest BCUT2D eigenvalue weighted by Gasteiger charge is -2.29. The van der Waals surface area contributed by atoms with Crippen molar-refractivity contribution < 1.29 is 0 Å². The molecule has 21 heavy (non-hydrogen) atoms. The maximum Gasteiger partial charge on any atom is 0.00187 e. The molecule has 2 aliphatic carbocycles. The van der Waals surface area contributed by atoms with Gasteiger partial charge in [0.25, 0.3) is 0 Å². The Kier molecular flexibility index (Phi) is 10.6. The minimum absolute atomic E-state index is 0.983. The molecule has 0 N–H and O–H groups in total. The third-order valence-corrected chi connectivity index (χ3v) is 4.77. The van der Waals surface area contributed by atoms with Crippen molar-refractivity contribution in [3.05, 3.63) is 23.8 Å². The van der Waals surface area contributed by atoms with Crippen molar-refractivity contribution in [1.82, 2.24) is 4.90 Å². The number of hydrogen-bond donors (Lipinski definition) is 0. The standard InChI is InChI=1S/C18H31N.C2H6/c1-2-19(16-18-12-8-5-9-13-18)15-14-17-10-6-3-4-7-11-17;1-2/h3,6,10,18H,2,4-5,7-9,11-16H2,1H3;1-2H3. The SMILES string of the molecule is CC.CCN(CCC1=CC=CCCC1)CC1CCCCC1. The van der Waals surface area contributed by atoms with Crippen LogP contribution in [0.1, 0.15) is 78.6 Å². The van der Waals surface area contributed by atoms with Crippen LogP contribution in [0.25, 0.3) is 0 Å². The molecule has 1 nitrogen and oxygen atoms in total. The summed E-state index contributed by atoms with van der Waals surface area (Å²) < 4.78 is 0. The fourth-order valence-corrected chi connectivity index (χ4v) is 3.45. The predicted molar refractivity (Wildman–Crippen MR) is 95.7 cm³/mol. The zero-order valence-electron chi connectivity index (χ0n) is 14.7. The molecular formula is C20H37N. The van der Waals surface area contributed by atoms with Gasteiger partial charge in [0.2, 0.25) is 0 Å². The van der Waals surface area contributed by atoms with Gasteiger partial charge in [0, 0.05) is 13.1 Å². The van der Waals surface area contributed by atoms with Crippen LogP contribution in [0.3, 0.4) is 0 Å². The molecule has 0 bridgehead atoms. The first kappa shape index (κ1) is 18.5. The van der Waals surface area contributed by atoms with Gasteiger partial charge in [-0.15, -0.1) is 0 Å². The Balaban J connectivity index is 0.00000106. The average molecular weight is 292 g/mol. The number of rotatable bonds is 6. The van der Waals surface area contributed by atoms with Crippen LogP contribution in [0.15, 0.2) is 23.8 Å². The second kappa shape index (κ2) is 12.0. The van der Waals surface area contributed by atoms with Crippen molar-refractivity contribution in [1.29, 1.82) is 0 Å². The van der Waals surface area contributed by atoms with Crippen LogP contribution in [0.4, 0.5) is 0 Å². The fraction of sp³-hybridized carbons (Fsp3) is 0.800. The van der Waals surface area contributed by atoms with Crippen molar-refractivity contribution in [2.75, 3.05) is 19.6 Å². The Morgan fingerprint density at radius 1 is 1.10 bits per heavy atom. The van der Waals surface area contributed by atoms with Crippen LogP contribution in [0, 0.1) is 5.92 Å². The topological polar surface area (TPSA) is 3.24 Å². The van der Waals surface area contributed by atoms with E-state index in [9.17, 15) is 0 Å². The number of nitrogens with zero attached hydrogens (tertiary/aromatic N) is 1. The molecule has 0 aromatic heterocycles. The number of hydrogen-bond acceptors (Lipinski definition) is 1. The van der Waals surface area contributed by atoms with Crippen molar-refractivity contribution in [2.24, 2.45) is 5.92 Å². The summed E-state index contributed by atoms with van der Waals surface area (Å²) in [6.45, 7) is 10.2. The highest BCUT2D eigenvalue weighted by atomic mass is 15.1. The molecule has 0 amide bonds. The molecule has 1 saturated carbocycles. The third-order valence-electron chi connectivity index (χ3n) is 4.77. The lowest BCUT2D eigenvalue weighted by Crippen LogP contribution is -2.31. The van der Waals surface area contributed by atoms with Crippen LogP contribution < -0.4 is 0 Å². The van der Waals surface area contributed by atoms with Gasteiger partial charge in [-0.1, -0.05) is 63.8 Å². The fourth-order valence-electron chi connectivity index (χ4n) is 3.45. The summed E-state index contributed by atoms with van der Waals surface area (Å²) >= 11 is 0. The molecule has 0 aromatic carbocycles. The molecule has 0 radical (unpaired) electrons. The van der Waals surface area contributed by atoms with E-state index < -0.39 is 0 Å². The normalized spacial score (nSPS) is 19.7. The summed E-state index contributed by atoms with van der Waals surface area (Å²) in [5.74, 6) is 0.983. The smallest absolute Gasteiger partial charge is 0.00187 e. The van der Waals surface area contributed by atoms with Crippen LogP contribution in [0.2, 0.25) is 0 Å². The average Bonchev–Trinajstić information content (AvgIpc) is 2.83. The minimum Gasteiger partial charge on any atom is -0.303 e. The van der Waals surface area contributed by atoms with Crippen LogP contribution in [-0.4, -0.2) is 24.5 Å². The summed E-state index contributed by atoms with van der Waals surface area (Å²) in [6, 6.07) is 0. The predicted octanol–water partition coefficient (Wildman–Crippen LogP) is 5.97. The molecule has 0 saturated heterocycles. The van der Waals surface area contributed by atoms with E-state index in [1.165, 1.54) is 77.4 Å². The largest absolute Gasteiger partial charge is 0.303 e. The van der Waals surface area contributed by atoms with Gasteiger partial charge in [-0.2, -0.15) is 0 Å². The van der Waals surface area contributed by atoms with Gasteiger partial charge >= 0.3 is 0 Å². The van der Waals surface area contributed by atoms with Gasteiger partial charge in [-0.25, -0.2) is 0 Å². The summed E-state index contributed by atoms with van der Waals surface area (Å²) in [6.07, 6.45) is 19.5. The Labute approximate surface area is 133 Å². The minimum atomic E-state index is 0.983. The summed E-state index contributed by atoms with van der Waals surface area (Å²) in [4.78, 5) is 2.69. The van der Waals surface area contributed by atoms with Crippen LogP contribution in [0.5, 0.6) is 0 Å². The zero-order valence-corrected chi connectivity index (χ0v) is 14.7. The molecule has 2 rings (SSSR count). The Morgan fingerprint density at radius 2 is 1.86 bits per heavy atom. The molecular weight excluding hydrogens is 254 g/mol. The van der Waals surface area contributed by atoms with E-state index in [4.69, 9.17) is 0 Å². The van der Waals surface area contributed by atoms with Gasteiger partial charge in [0.1, 0.15) is 0 Å². The van der Waals surface area contributed by atoms with Crippen LogP contribution in [-0.2, 0) is 0 Å². The Morgan fingerprint density at radius 3 is 2.57 bits per heavy atom. The van der Waals surface area contributed by atoms with Crippen molar-refractivity contribution in [2.45, 2.75) is 78.6 Å². The Hall–Kier alpha value is -0.560. The Bertz CT molecular complexity index is 297. The molecule has 0 unspecified atom stereocenters. The van der Waals surface area contributed by atoms with Gasteiger partial charge in [0.15, 0.2) is 0 Å². The van der Waals surface area contributed by atoms with E-state index in [2.05, 4.69) is 30.1 Å². The molecule has 1 heteroatoms. The second-order valence-electron chi connectivity index (χ2n) is 6.29. The molecule has 1 fully saturated rings. The molecule has 0 atom stereocenters. The summed E-state index contributed by atoms with van der Waals surface area (Å²) in [5, 5.41) is 0. The monoisotopic (exact) mass is 291 g/mol. The third kappa shape index (κ3) is 7.85. The quantitative estimate of drug-likeness (QED) is 0.582. The molecule has 2 aliphatic rings. The molecule has 0 spiro atoms. The van der Waals surface area contributed by atoms with E-state index in [1.54, 1.807) is 5.57 Å². The second-order valence-corrected chi connectivity index (χ2v) is 6.29. The molecule has 0 aliphatic heterocycles. The van der Waals surface area contributed by atoms with E-state index in [1.807, 2.05) is 13.8 Å². The molecule has 0 aromatic rings. The van der Waals surface area contributed by atoms with Gasteiger partial charge in [0.05, 0.1) is 0 Å². The van der Waals surface area contributed by atoms with Gasteiger partial charge in [-0.05, 0) is 51.0 Å². The summed E-state index contributed by atoms with van der Waals surface area (Å²) in [5.41, 5.74) is 1.66. The van der Waals surface area contributed by atoms with Crippen molar-refractivity contribution in [3.8, 4) is 0 Å². The van der Waals surface area contributed by atoms with Crippen LogP contribution >= 0.6 is 0 Å². The lowest BCUT2D eigenvalue weighted by atomic mass is 9.89. The van der Waals surface area contributed by atoms with Gasteiger partial charge < -0.3 is 4.90 Å². The van der Waals surface area contributed by atoms with Crippen molar-refractivity contribution in [3.63, 3.8) is 0 Å². The van der Waals surface area contributed by atoms with E-state index in [0.29, 0.717) is 0 Å². The molecule has 0 heterocycles. The zero-order chi connectivity index (χ0) is 15.3. The van der Waals surface area contributed by atoms with Crippen molar-refractivity contribution >= 4 is 0 Å². The lowest BCUT2D eigenvalue weighted by molar-refractivity contribution is 0.209. The highest BCUT2D eigenvalue weighted by Gasteiger charge is 2.16. The highest BCUT2D eigenvalue weighted by molar-refractivity contribution is 5.15. The van der Waals surface area contributed by atoms with E-state index in [-0.39, 0.29) is 0 Å².